The van der Waals surface area contributed by atoms with Crippen molar-refractivity contribution < 1.29 is 9.59 Å². The third-order valence-corrected chi connectivity index (χ3v) is 4.62. The van der Waals surface area contributed by atoms with Gasteiger partial charge < -0.3 is 15.6 Å². The van der Waals surface area contributed by atoms with Crippen LogP contribution >= 0.6 is 15.9 Å². The van der Waals surface area contributed by atoms with E-state index < -0.39 is 6.04 Å². The Morgan fingerprint density at radius 2 is 1.84 bits per heavy atom. The maximum absolute atomic E-state index is 12.7. The summed E-state index contributed by atoms with van der Waals surface area (Å²) in [7, 11) is 0. The zero-order valence-electron chi connectivity index (χ0n) is 13.7. The van der Waals surface area contributed by atoms with E-state index in [1.165, 1.54) is 6.92 Å². The Morgan fingerprint density at radius 1 is 1.12 bits per heavy atom. The number of amides is 2. The second-order valence-electron chi connectivity index (χ2n) is 5.79. The Bertz CT molecular complexity index is 920. The van der Waals surface area contributed by atoms with Gasteiger partial charge in [-0.25, -0.2) is 0 Å². The first-order valence-electron chi connectivity index (χ1n) is 7.92. The molecular weight excluding hydrogens is 382 g/mol. The van der Waals surface area contributed by atoms with E-state index in [1.807, 2.05) is 48.7 Å². The van der Waals surface area contributed by atoms with E-state index in [4.69, 9.17) is 0 Å². The molecular formula is C19H18BrN3O2. The molecule has 3 rings (SSSR count). The van der Waals surface area contributed by atoms with Crippen LogP contribution in [-0.4, -0.2) is 22.8 Å². The van der Waals surface area contributed by atoms with Gasteiger partial charge in [-0.2, -0.15) is 0 Å². The lowest BCUT2D eigenvalue weighted by Crippen LogP contribution is -2.44. The number of H-pyrrole nitrogens is 1. The van der Waals surface area contributed by atoms with Gasteiger partial charge in [0.2, 0.25) is 11.8 Å². The van der Waals surface area contributed by atoms with E-state index in [1.54, 1.807) is 6.07 Å². The number of anilines is 1. The number of para-hydroxylation sites is 2. The first-order chi connectivity index (χ1) is 12.0. The fourth-order valence-corrected chi connectivity index (χ4v) is 3.14. The second kappa shape index (κ2) is 7.53. The average molecular weight is 400 g/mol. The predicted octanol–water partition coefficient (Wildman–Crippen LogP) is 3.62. The molecule has 0 aliphatic carbocycles. The summed E-state index contributed by atoms with van der Waals surface area (Å²) in [5.41, 5.74) is 2.66. The smallest absolute Gasteiger partial charge is 0.247 e. The summed E-state index contributed by atoms with van der Waals surface area (Å²) in [5, 5.41) is 6.66. The first-order valence-corrected chi connectivity index (χ1v) is 8.71. The maximum atomic E-state index is 12.7. The van der Waals surface area contributed by atoms with Crippen molar-refractivity contribution in [3.8, 4) is 0 Å². The van der Waals surface area contributed by atoms with E-state index in [-0.39, 0.29) is 11.8 Å². The molecule has 2 amide bonds. The van der Waals surface area contributed by atoms with Crippen LogP contribution in [0.1, 0.15) is 12.5 Å². The molecule has 0 bridgehead atoms. The molecule has 3 aromatic rings. The number of fused-ring (bicyclic) bond motifs is 1. The molecule has 2 aromatic carbocycles. The normalized spacial score (nSPS) is 11.9. The van der Waals surface area contributed by atoms with Crippen LogP contribution in [0.3, 0.4) is 0 Å². The van der Waals surface area contributed by atoms with Crippen molar-refractivity contribution in [1.29, 1.82) is 0 Å². The van der Waals surface area contributed by atoms with E-state index in [2.05, 4.69) is 31.5 Å². The number of hydrogen-bond donors (Lipinski definition) is 3. The molecule has 0 radical (unpaired) electrons. The molecule has 1 unspecified atom stereocenters. The topological polar surface area (TPSA) is 74.0 Å². The van der Waals surface area contributed by atoms with E-state index in [9.17, 15) is 9.59 Å². The third kappa shape index (κ3) is 4.09. The lowest BCUT2D eigenvalue weighted by Gasteiger charge is -2.18. The summed E-state index contributed by atoms with van der Waals surface area (Å²) in [4.78, 5) is 27.5. The maximum Gasteiger partial charge on any atom is 0.247 e. The van der Waals surface area contributed by atoms with Crippen molar-refractivity contribution in [2.75, 3.05) is 5.32 Å². The minimum absolute atomic E-state index is 0.243. The highest BCUT2D eigenvalue weighted by atomic mass is 79.9. The summed E-state index contributed by atoms with van der Waals surface area (Å²) in [6.45, 7) is 1.41. The highest BCUT2D eigenvalue weighted by Crippen LogP contribution is 2.23. The fourth-order valence-electron chi connectivity index (χ4n) is 2.76. The number of halogens is 1. The van der Waals surface area contributed by atoms with Gasteiger partial charge in [-0.1, -0.05) is 30.3 Å². The molecule has 0 fully saturated rings. The summed E-state index contributed by atoms with van der Waals surface area (Å²) in [6.07, 6.45) is 2.28. The second-order valence-corrected chi connectivity index (χ2v) is 6.64. The molecule has 128 valence electrons. The van der Waals surface area contributed by atoms with Crippen molar-refractivity contribution in [2.24, 2.45) is 0 Å². The molecule has 25 heavy (non-hydrogen) atoms. The van der Waals surface area contributed by atoms with Crippen molar-refractivity contribution in [3.05, 3.63) is 64.8 Å². The zero-order chi connectivity index (χ0) is 17.8. The molecule has 1 heterocycles. The van der Waals surface area contributed by atoms with Gasteiger partial charge in [0.25, 0.3) is 0 Å². The molecule has 3 N–H and O–H groups in total. The van der Waals surface area contributed by atoms with Gasteiger partial charge in [0, 0.05) is 34.9 Å². The highest BCUT2D eigenvalue weighted by molar-refractivity contribution is 9.10. The SMILES string of the molecule is CC(=O)NC(Cc1c[nH]c2ccccc12)C(=O)Nc1ccccc1Br. The van der Waals surface area contributed by atoms with Crippen molar-refractivity contribution in [1.82, 2.24) is 10.3 Å². The summed E-state index contributed by atoms with van der Waals surface area (Å²) < 4.78 is 0.789. The molecule has 6 heteroatoms. The number of carbonyl (C=O) groups excluding carboxylic acids is 2. The third-order valence-electron chi connectivity index (χ3n) is 3.92. The Hall–Kier alpha value is -2.60. The van der Waals surface area contributed by atoms with Crippen LogP contribution in [0.5, 0.6) is 0 Å². The van der Waals surface area contributed by atoms with Gasteiger partial charge in [-0.15, -0.1) is 0 Å². The number of benzene rings is 2. The van der Waals surface area contributed by atoms with Gasteiger partial charge in [0.05, 0.1) is 5.69 Å². The largest absolute Gasteiger partial charge is 0.361 e. The van der Waals surface area contributed by atoms with Gasteiger partial charge in [0.15, 0.2) is 0 Å². The van der Waals surface area contributed by atoms with Crippen LogP contribution in [0.15, 0.2) is 59.2 Å². The Balaban J connectivity index is 1.83. The number of aromatic amines is 1. The van der Waals surface area contributed by atoms with Gasteiger partial charge >= 0.3 is 0 Å². The highest BCUT2D eigenvalue weighted by Gasteiger charge is 2.22. The quantitative estimate of drug-likeness (QED) is 0.612. The molecule has 0 aliphatic heterocycles. The lowest BCUT2D eigenvalue weighted by atomic mass is 10.0. The van der Waals surface area contributed by atoms with E-state index >= 15 is 0 Å². The summed E-state index contributed by atoms with van der Waals surface area (Å²) >= 11 is 3.41. The summed E-state index contributed by atoms with van der Waals surface area (Å²) in [5.74, 6) is -0.500. The average Bonchev–Trinajstić information content (AvgIpc) is 2.99. The minimum atomic E-state index is -0.663. The monoisotopic (exact) mass is 399 g/mol. The Morgan fingerprint density at radius 3 is 2.60 bits per heavy atom. The number of nitrogens with one attached hydrogen (secondary N) is 3. The van der Waals surface area contributed by atoms with E-state index in [0.717, 1.165) is 20.9 Å². The van der Waals surface area contributed by atoms with Crippen LogP contribution in [0.2, 0.25) is 0 Å². The number of rotatable bonds is 5. The van der Waals surface area contributed by atoms with E-state index in [0.29, 0.717) is 12.1 Å². The zero-order valence-corrected chi connectivity index (χ0v) is 15.3. The summed E-state index contributed by atoms with van der Waals surface area (Å²) in [6, 6.07) is 14.6. The number of carbonyl (C=O) groups is 2. The molecule has 0 spiro atoms. The minimum Gasteiger partial charge on any atom is -0.361 e. The fraction of sp³-hybridized carbons (Fsp3) is 0.158. The number of hydrogen-bond acceptors (Lipinski definition) is 2. The van der Waals surface area contributed by atoms with Crippen LogP contribution in [0, 0.1) is 0 Å². The van der Waals surface area contributed by atoms with Crippen molar-refractivity contribution in [2.45, 2.75) is 19.4 Å². The Kier molecular flexibility index (Phi) is 5.19. The Labute approximate surface area is 153 Å². The van der Waals surface area contributed by atoms with Crippen molar-refractivity contribution in [3.63, 3.8) is 0 Å². The van der Waals surface area contributed by atoms with Gasteiger partial charge in [-0.3, -0.25) is 9.59 Å². The van der Waals surface area contributed by atoms with Crippen LogP contribution in [0.25, 0.3) is 10.9 Å². The van der Waals surface area contributed by atoms with Crippen LogP contribution in [0.4, 0.5) is 5.69 Å². The van der Waals surface area contributed by atoms with Gasteiger partial charge in [0.1, 0.15) is 6.04 Å². The predicted molar refractivity (Wildman–Crippen MR) is 102 cm³/mol. The molecule has 5 nitrogen and oxygen atoms in total. The molecule has 0 saturated carbocycles. The molecule has 1 atom stereocenters. The van der Waals surface area contributed by atoms with Crippen LogP contribution in [-0.2, 0) is 16.0 Å². The number of aromatic nitrogens is 1. The van der Waals surface area contributed by atoms with Crippen molar-refractivity contribution >= 4 is 44.3 Å². The standard InChI is InChI=1S/C19H18BrN3O2/c1-12(24)22-18(19(25)23-17-9-5-3-7-15(17)20)10-13-11-21-16-8-4-2-6-14(13)16/h2-9,11,18,21H,10H2,1H3,(H,22,24)(H,23,25). The molecule has 1 aromatic heterocycles. The lowest BCUT2D eigenvalue weighted by molar-refractivity contribution is -0.125. The first kappa shape index (κ1) is 17.2. The van der Waals surface area contributed by atoms with Crippen LogP contribution < -0.4 is 10.6 Å². The molecule has 0 saturated heterocycles. The molecule has 0 aliphatic rings. The van der Waals surface area contributed by atoms with Gasteiger partial charge in [-0.05, 0) is 39.7 Å².